The van der Waals surface area contributed by atoms with E-state index in [0.717, 1.165) is 0 Å². The molecule has 1 aliphatic heterocycles. The van der Waals surface area contributed by atoms with Gasteiger partial charge in [-0.2, -0.15) is 0 Å². The number of rotatable bonds is 1. The van der Waals surface area contributed by atoms with Crippen molar-refractivity contribution >= 4 is 11.6 Å². The summed E-state index contributed by atoms with van der Waals surface area (Å²) in [5.41, 5.74) is 1.26. The molecule has 1 aromatic carbocycles. The van der Waals surface area contributed by atoms with Crippen LogP contribution in [0.15, 0.2) is 18.2 Å². The summed E-state index contributed by atoms with van der Waals surface area (Å²) in [5.74, 6) is 0.430. The van der Waals surface area contributed by atoms with E-state index in [4.69, 9.17) is 9.84 Å². The molecule has 0 aliphatic carbocycles. The van der Waals surface area contributed by atoms with Gasteiger partial charge in [-0.05, 0) is 6.07 Å². The van der Waals surface area contributed by atoms with Gasteiger partial charge in [0.2, 0.25) is 0 Å². The third kappa shape index (κ3) is 1.36. The molecule has 4 heteroatoms. The monoisotopic (exact) mass is 179 g/mol. The van der Waals surface area contributed by atoms with E-state index in [1.54, 1.807) is 18.2 Å². The number of hydrogen-bond donors (Lipinski definition) is 2. The normalized spacial score (nSPS) is 14.4. The van der Waals surface area contributed by atoms with Crippen molar-refractivity contribution in [1.82, 2.24) is 0 Å². The van der Waals surface area contributed by atoms with Crippen molar-refractivity contribution in [3.05, 3.63) is 23.8 Å². The lowest BCUT2D eigenvalue weighted by molar-refractivity contribution is -0.118. The second kappa shape index (κ2) is 3.06. The number of fused-ring (bicyclic) bond motifs is 1. The maximum atomic E-state index is 11.0. The SMILES string of the molecule is O=C1COc2cccc(CO)c2N1. The number of para-hydroxylation sites is 1. The van der Waals surface area contributed by atoms with Crippen molar-refractivity contribution in [2.24, 2.45) is 0 Å². The van der Waals surface area contributed by atoms with Gasteiger partial charge in [0.1, 0.15) is 5.75 Å². The zero-order valence-corrected chi connectivity index (χ0v) is 6.91. The highest BCUT2D eigenvalue weighted by molar-refractivity contribution is 5.96. The highest BCUT2D eigenvalue weighted by Crippen LogP contribution is 2.30. The largest absolute Gasteiger partial charge is 0.482 e. The Labute approximate surface area is 75.1 Å². The van der Waals surface area contributed by atoms with Gasteiger partial charge in [-0.3, -0.25) is 4.79 Å². The lowest BCUT2D eigenvalue weighted by Crippen LogP contribution is -2.26. The smallest absolute Gasteiger partial charge is 0.262 e. The predicted molar refractivity (Wildman–Crippen MR) is 46.5 cm³/mol. The van der Waals surface area contributed by atoms with E-state index in [1.807, 2.05) is 0 Å². The van der Waals surface area contributed by atoms with Crippen molar-refractivity contribution in [2.45, 2.75) is 6.61 Å². The van der Waals surface area contributed by atoms with Gasteiger partial charge in [0.15, 0.2) is 6.61 Å². The zero-order valence-electron chi connectivity index (χ0n) is 6.91. The van der Waals surface area contributed by atoms with E-state index in [1.165, 1.54) is 0 Å². The van der Waals surface area contributed by atoms with Crippen molar-refractivity contribution in [1.29, 1.82) is 0 Å². The first kappa shape index (κ1) is 8.07. The summed E-state index contributed by atoms with van der Waals surface area (Å²) < 4.78 is 5.16. The van der Waals surface area contributed by atoms with Crippen LogP contribution in [0.25, 0.3) is 0 Å². The van der Waals surface area contributed by atoms with Crippen LogP contribution in [0.2, 0.25) is 0 Å². The Bertz CT molecular complexity index is 334. The summed E-state index contributed by atoms with van der Waals surface area (Å²) >= 11 is 0. The van der Waals surface area contributed by atoms with Crippen LogP contribution in [0.4, 0.5) is 5.69 Å². The quantitative estimate of drug-likeness (QED) is 0.660. The molecule has 0 spiro atoms. The first-order valence-electron chi connectivity index (χ1n) is 3.96. The fraction of sp³-hybridized carbons (Fsp3) is 0.222. The number of carbonyl (C=O) groups is 1. The fourth-order valence-electron chi connectivity index (χ4n) is 1.29. The molecule has 0 saturated heterocycles. The summed E-state index contributed by atoms with van der Waals surface area (Å²) in [4.78, 5) is 11.0. The Hall–Kier alpha value is -1.55. The van der Waals surface area contributed by atoms with Crippen LogP contribution >= 0.6 is 0 Å². The van der Waals surface area contributed by atoms with Gasteiger partial charge in [-0.1, -0.05) is 12.1 Å². The van der Waals surface area contributed by atoms with Gasteiger partial charge in [0, 0.05) is 5.56 Å². The number of carbonyl (C=O) groups excluding carboxylic acids is 1. The minimum absolute atomic E-state index is 0.0435. The van der Waals surface area contributed by atoms with Gasteiger partial charge in [0.05, 0.1) is 12.3 Å². The number of aliphatic hydroxyl groups is 1. The molecule has 2 N–H and O–H groups in total. The van der Waals surface area contributed by atoms with Crippen molar-refractivity contribution in [2.75, 3.05) is 11.9 Å². The minimum Gasteiger partial charge on any atom is -0.482 e. The molecule has 0 unspecified atom stereocenters. The molecule has 1 aromatic rings. The van der Waals surface area contributed by atoms with Crippen molar-refractivity contribution in [3.63, 3.8) is 0 Å². The summed E-state index contributed by atoms with van der Waals surface area (Å²) in [6.07, 6.45) is 0. The third-order valence-electron chi connectivity index (χ3n) is 1.91. The average molecular weight is 179 g/mol. The molecule has 2 rings (SSSR count). The zero-order chi connectivity index (χ0) is 9.26. The predicted octanol–water partition coefficient (Wildman–Crippen LogP) is 0.510. The maximum Gasteiger partial charge on any atom is 0.262 e. The van der Waals surface area contributed by atoms with Crippen LogP contribution in [-0.2, 0) is 11.4 Å². The molecule has 4 nitrogen and oxygen atoms in total. The van der Waals surface area contributed by atoms with Crippen molar-refractivity contribution < 1.29 is 14.6 Å². The summed E-state index contributed by atoms with van der Waals surface area (Å²) in [7, 11) is 0. The topological polar surface area (TPSA) is 58.6 Å². The molecule has 0 fully saturated rings. The van der Waals surface area contributed by atoms with E-state index in [0.29, 0.717) is 17.0 Å². The van der Waals surface area contributed by atoms with Gasteiger partial charge < -0.3 is 15.2 Å². The number of aliphatic hydroxyl groups excluding tert-OH is 1. The number of hydrogen-bond acceptors (Lipinski definition) is 3. The molecule has 0 radical (unpaired) electrons. The fourth-order valence-corrected chi connectivity index (χ4v) is 1.29. The third-order valence-corrected chi connectivity index (χ3v) is 1.91. The van der Waals surface area contributed by atoms with Gasteiger partial charge in [-0.15, -0.1) is 0 Å². The van der Waals surface area contributed by atoms with Crippen LogP contribution in [0.3, 0.4) is 0 Å². The lowest BCUT2D eigenvalue weighted by atomic mass is 10.1. The second-order valence-corrected chi connectivity index (χ2v) is 2.79. The van der Waals surface area contributed by atoms with Gasteiger partial charge in [0.25, 0.3) is 5.91 Å². The number of amides is 1. The first-order valence-corrected chi connectivity index (χ1v) is 3.96. The highest BCUT2D eigenvalue weighted by Gasteiger charge is 2.17. The van der Waals surface area contributed by atoms with E-state index in [2.05, 4.69) is 5.32 Å². The molecule has 0 bridgehead atoms. The molecule has 13 heavy (non-hydrogen) atoms. The molecular weight excluding hydrogens is 170 g/mol. The summed E-state index contributed by atoms with van der Waals surface area (Å²) in [6, 6.07) is 5.28. The molecule has 1 aliphatic rings. The maximum absolute atomic E-state index is 11.0. The molecule has 1 amide bonds. The van der Waals surface area contributed by atoms with E-state index in [9.17, 15) is 4.79 Å². The molecule has 68 valence electrons. The molecule has 1 heterocycles. The Morgan fingerprint density at radius 1 is 1.54 bits per heavy atom. The number of nitrogens with one attached hydrogen (secondary N) is 1. The van der Waals surface area contributed by atoms with Crippen LogP contribution in [0.1, 0.15) is 5.56 Å². The first-order chi connectivity index (χ1) is 6.31. The van der Waals surface area contributed by atoms with Crippen LogP contribution in [0.5, 0.6) is 5.75 Å². The van der Waals surface area contributed by atoms with Gasteiger partial charge >= 0.3 is 0 Å². The molecule has 0 aromatic heterocycles. The second-order valence-electron chi connectivity index (χ2n) is 2.79. The van der Waals surface area contributed by atoms with E-state index < -0.39 is 0 Å². The Balaban J connectivity index is 2.46. The van der Waals surface area contributed by atoms with Crippen LogP contribution < -0.4 is 10.1 Å². The Morgan fingerprint density at radius 3 is 3.15 bits per heavy atom. The summed E-state index contributed by atoms with van der Waals surface area (Å²) in [5, 5.41) is 11.6. The van der Waals surface area contributed by atoms with Crippen LogP contribution in [0, 0.1) is 0 Å². The number of benzene rings is 1. The molecular formula is C9H9NO3. The minimum atomic E-state index is -0.187. The summed E-state index contributed by atoms with van der Waals surface area (Å²) in [6.45, 7) is -0.0608. The number of anilines is 1. The standard InChI is InChI=1S/C9H9NO3/c11-4-6-2-1-3-7-9(6)10-8(12)5-13-7/h1-3,11H,4-5H2,(H,10,12). The van der Waals surface area contributed by atoms with Crippen molar-refractivity contribution in [3.8, 4) is 5.75 Å². The van der Waals surface area contributed by atoms with E-state index >= 15 is 0 Å². The Kier molecular flexibility index (Phi) is 1.90. The lowest BCUT2D eigenvalue weighted by Gasteiger charge is -2.19. The van der Waals surface area contributed by atoms with E-state index in [-0.39, 0.29) is 19.1 Å². The average Bonchev–Trinajstić information content (AvgIpc) is 2.17. The van der Waals surface area contributed by atoms with Gasteiger partial charge in [-0.25, -0.2) is 0 Å². The molecule has 0 atom stereocenters. The number of ether oxygens (including phenoxy) is 1. The molecule has 0 saturated carbocycles. The van der Waals surface area contributed by atoms with Crippen LogP contribution in [-0.4, -0.2) is 17.6 Å². The Morgan fingerprint density at radius 2 is 2.38 bits per heavy atom. The highest BCUT2D eigenvalue weighted by atomic mass is 16.5.